The van der Waals surface area contributed by atoms with E-state index in [1.54, 1.807) is 15.9 Å². The van der Waals surface area contributed by atoms with E-state index < -0.39 is 0 Å². The van der Waals surface area contributed by atoms with Crippen LogP contribution >= 0.6 is 27.3 Å². The number of hydrogen-bond donors (Lipinski definition) is 0. The molecule has 0 N–H and O–H groups in total. The molecule has 0 fully saturated rings. The summed E-state index contributed by atoms with van der Waals surface area (Å²) in [5, 5.41) is 0.911. The third-order valence-electron chi connectivity index (χ3n) is 3.17. The van der Waals surface area contributed by atoms with Crippen LogP contribution in [0.5, 0.6) is 0 Å². The van der Waals surface area contributed by atoms with Crippen molar-refractivity contribution in [1.29, 1.82) is 0 Å². The van der Waals surface area contributed by atoms with E-state index in [0.717, 1.165) is 25.4 Å². The summed E-state index contributed by atoms with van der Waals surface area (Å²) in [6, 6.07) is 7.97. The Bertz CT molecular complexity index is 820. The summed E-state index contributed by atoms with van der Waals surface area (Å²) in [4.78, 5) is 20.6. The Kier molecular flexibility index (Phi) is 3.43. The highest BCUT2D eigenvalue weighted by Crippen LogP contribution is 2.23. The number of benzene rings is 1. The fourth-order valence-corrected chi connectivity index (χ4v) is 3.34. The smallest absolute Gasteiger partial charge is 0.289 e. The second-order valence-corrected chi connectivity index (χ2v) is 6.45. The molecule has 0 amide bonds. The standard InChI is InChI=1S/C14H12BrN3OS/c1-8-13(15)9(2)18(14(19)16-8)7-12-17-10-5-3-4-6-11(10)20-12/h3-6H,7H2,1-2H3. The van der Waals surface area contributed by atoms with Crippen molar-refractivity contribution in [2.45, 2.75) is 20.4 Å². The highest BCUT2D eigenvalue weighted by atomic mass is 79.9. The summed E-state index contributed by atoms with van der Waals surface area (Å²) in [6.07, 6.45) is 0. The Hall–Kier alpha value is -1.53. The van der Waals surface area contributed by atoms with Crippen molar-refractivity contribution < 1.29 is 0 Å². The lowest BCUT2D eigenvalue weighted by molar-refractivity contribution is 0.686. The summed E-state index contributed by atoms with van der Waals surface area (Å²) in [7, 11) is 0. The first-order chi connectivity index (χ1) is 9.56. The minimum absolute atomic E-state index is 0.234. The molecule has 0 aliphatic heterocycles. The van der Waals surface area contributed by atoms with Crippen LogP contribution in [0.25, 0.3) is 10.2 Å². The van der Waals surface area contributed by atoms with Crippen LogP contribution in [-0.2, 0) is 6.54 Å². The highest BCUT2D eigenvalue weighted by molar-refractivity contribution is 9.10. The Balaban J connectivity index is 2.07. The van der Waals surface area contributed by atoms with Crippen LogP contribution in [0.1, 0.15) is 16.4 Å². The zero-order chi connectivity index (χ0) is 14.3. The summed E-state index contributed by atoms with van der Waals surface area (Å²) >= 11 is 5.08. The second-order valence-electron chi connectivity index (χ2n) is 4.54. The summed E-state index contributed by atoms with van der Waals surface area (Å²) < 4.78 is 3.65. The van der Waals surface area contributed by atoms with E-state index in [0.29, 0.717) is 12.2 Å². The molecular formula is C14H12BrN3OS. The summed E-state index contributed by atoms with van der Waals surface area (Å²) in [6.45, 7) is 4.18. The molecule has 0 saturated heterocycles. The Morgan fingerprint density at radius 2 is 2.00 bits per heavy atom. The molecule has 102 valence electrons. The average molecular weight is 350 g/mol. The van der Waals surface area contributed by atoms with Crippen LogP contribution < -0.4 is 5.69 Å². The predicted molar refractivity (Wildman–Crippen MR) is 84.4 cm³/mol. The third-order valence-corrected chi connectivity index (χ3v) is 5.33. The fourth-order valence-electron chi connectivity index (χ4n) is 2.09. The van der Waals surface area contributed by atoms with Gasteiger partial charge in [0.05, 0.1) is 26.9 Å². The van der Waals surface area contributed by atoms with Crippen LogP contribution in [0, 0.1) is 13.8 Å². The van der Waals surface area contributed by atoms with Gasteiger partial charge in [0.1, 0.15) is 5.01 Å². The summed E-state index contributed by atoms with van der Waals surface area (Å²) in [5.41, 5.74) is 2.33. The maximum atomic E-state index is 12.0. The van der Waals surface area contributed by atoms with Gasteiger partial charge in [0.25, 0.3) is 0 Å². The van der Waals surface area contributed by atoms with Crippen LogP contribution in [-0.4, -0.2) is 14.5 Å². The van der Waals surface area contributed by atoms with E-state index in [1.807, 2.05) is 38.1 Å². The van der Waals surface area contributed by atoms with Crippen molar-refractivity contribution in [1.82, 2.24) is 14.5 Å². The van der Waals surface area contributed by atoms with Gasteiger partial charge in [0.2, 0.25) is 0 Å². The molecule has 2 aromatic heterocycles. The third kappa shape index (κ3) is 2.29. The number of rotatable bonds is 2. The van der Waals surface area contributed by atoms with Gasteiger partial charge < -0.3 is 0 Å². The Morgan fingerprint density at radius 3 is 2.75 bits per heavy atom. The lowest BCUT2D eigenvalue weighted by atomic mass is 10.3. The lowest BCUT2D eigenvalue weighted by Crippen LogP contribution is -2.26. The number of fused-ring (bicyclic) bond motifs is 1. The molecule has 6 heteroatoms. The van der Waals surface area contributed by atoms with Gasteiger partial charge in [0.15, 0.2) is 0 Å². The van der Waals surface area contributed by atoms with Crippen LogP contribution in [0.15, 0.2) is 33.5 Å². The van der Waals surface area contributed by atoms with Crippen LogP contribution in [0.3, 0.4) is 0 Å². The van der Waals surface area contributed by atoms with E-state index in [4.69, 9.17) is 0 Å². The molecule has 1 aromatic carbocycles. The topological polar surface area (TPSA) is 47.8 Å². The van der Waals surface area contributed by atoms with Crippen molar-refractivity contribution in [3.63, 3.8) is 0 Å². The largest absolute Gasteiger partial charge is 0.348 e. The minimum atomic E-state index is -0.234. The van der Waals surface area contributed by atoms with Crippen molar-refractivity contribution in [2.24, 2.45) is 0 Å². The predicted octanol–water partition coefficient (Wildman–Crippen LogP) is 3.28. The van der Waals surface area contributed by atoms with Gasteiger partial charge in [-0.3, -0.25) is 4.57 Å². The first-order valence-corrected chi connectivity index (χ1v) is 7.75. The Labute approximate surface area is 128 Å². The molecule has 0 radical (unpaired) electrons. The number of aromatic nitrogens is 3. The fraction of sp³-hybridized carbons (Fsp3) is 0.214. The van der Waals surface area contributed by atoms with Gasteiger partial charge in [-0.05, 0) is 41.9 Å². The molecule has 0 aliphatic carbocycles. The van der Waals surface area contributed by atoms with Crippen LogP contribution in [0.4, 0.5) is 0 Å². The molecule has 3 aromatic rings. The molecule has 0 atom stereocenters. The van der Waals surface area contributed by atoms with Gasteiger partial charge in [-0.15, -0.1) is 11.3 Å². The number of thiazole rings is 1. The van der Waals surface area contributed by atoms with Gasteiger partial charge in [-0.25, -0.2) is 9.78 Å². The van der Waals surface area contributed by atoms with E-state index in [2.05, 4.69) is 25.9 Å². The lowest BCUT2D eigenvalue weighted by Gasteiger charge is -2.10. The molecule has 0 bridgehead atoms. The summed E-state index contributed by atoms with van der Waals surface area (Å²) in [5.74, 6) is 0. The number of aryl methyl sites for hydroxylation is 1. The van der Waals surface area contributed by atoms with Crippen LogP contribution in [0.2, 0.25) is 0 Å². The maximum Gasteiger partial charge on any atom is 0.348 e. The van der Waals surface area contributed by atoms with E-state index in [1.165, 1.54) is 0 Å². The number of halogens is 1. The van der Waals surface area contributed by atoms with E-state index in [9.17, 15) is 4.79 Å². The van der Waals surface area contributed by atoms with Crippen molar-refractivity contribution in [2.75, 3.05) is 0 Å². The zero-order valence-electron chi connectivity index (χ0n) is 11.1. The monoisotopic (exact) mass is 349 g/mol. The number of hydrogen-bond acceptors (Lipinski definition) is 4. The SMILES string of the molecule is Cc1nc(=O)n(Cc2nc3ccccc3s2)c(C)c1Br. The van der Waals surface area contributed by atoms with Gasteiger partial charge in [-0.2, -0.15) is 4.98 Å². The van der Waals surface area contributed by atoms with E-state index >= 15 is 0 Å². The van der Waals surface area contributed by atoms with Gasteiger partial charge >= 0.3 is 5.69 Å². The maximum absolute atomic E-state index is 12.0. The minimum Gasteiger partial charge on any atom is -0.289 e. The number of para-hydroxylation sites is 1. The first-order valence-electron chi connectivity index (χ1n) is 6.14. The van der Waals surface area contributed by atoms with Crippen molar-refractivity contribution in [3.8, 4) is 0 Å². The molecular weight excluding hydrogens is 338 g/mol. The highest BCUT2D eigenvalue weighted by Gasteiger charge is 2.11. The molecule has 4 nitrogen and oxygen atoms in total. The molecule has 0 spiro atoms. The Morgan fingerprint density at radius 1 is 1.25 bits per heavy atom. The van der Waals surface area contributed by atoms with Crippen molar-refractivity contribution >= 4 is 37.5 Å². The second kappa shape index (κ2) is 5.10. The molecule has 2 heterocycles. The van der Waals surface area contributed by atoms with Gasteiger partial charge in [0, 0.05) is 5.69 Å². The number of nitrogens with zero attached hydrogens (tertiary/aromatic N) is 3. The normalized spacial score (nSPS) is 11.2. The zero-order valence-corrected chi connectivity index (χ0v) is 13.5. The molecule has 0 saturated carbocycles. The molecule has 20 heavy (non-hydrogen) atoms. The van der Waals surface area contributed by atoms with Crippen molar-refractivity contribution in [3.05, 3.63) is 55.6 Å². The molecule has 0 aliphatic rings. The first kappa shape index (κ1) is 13.5. The van der Waals surface area contributed by atoms with E-state index in [-0.39, 0.29) is 5.69 Å². The molecule has 3 rings (SSSR count). The van der Waals surface area contributed by atoms with Gasteiger partial charge in [-0.1, -0.05) is 12.1 Å². The average Bonchev–Trinajstić information content (AvgIpc) is 2.83. The molecule has 0 unspecified atom stereocenters. The quantitative estimate of drug-likeness (QED) is 0.713.